The molecule has 1 aliphatic carbocycles. The van der Waals surface area contributed by atoms with Gasteiger partial charge in [0.05, 0.1) is 11.1 Å². The van der Waals surface area contributed by atoms with Crippen molar-refractivity contribution in [3.63, 3.8) is 0 Å². The second-order valence-corrected chi connectivity index (χ2v) is 11.0. The van der Waals surface area contributed by atoms with E-state index in [0.29, 0.717) is 32.3 Å². The molecule has 2 aliphatic heterocycles. The van der Waals surface area contributed by atoms with Crippen molar-refractivity contribution in [3.05, 3.63) is 141 Å². The molecule has 3 atom stereocenters. The fraction of sp³-hybridized carbons (Fsp3) is 0.121. The first-order chi connectivity index (χ1) is 18.9. The summed E-state index contributed by atoms with van der Waals surface area (Å²) in [5.41, 5.74) is 1.89. The molecule has 4 aromatic carbocycles. The van der Waals surface area contributed by atoms with Crippen LogP contribution in [0, 0.1) is 5.41 Å². The van der Waals surface area contributed by atoms with Crippen molar-refractivity contribution < 1.29 is 14.4 Å². The molecular weight excluding hydrogens is 529 g/mol. The molecule has 3 unspecified atom stereocenters. The average Bonchev–Trinajstić information content (AvgIpc) is 3.39. The van der Waals surface area contributed by atoms with Gasteiger partial charge in [0, 0.05) is 33.3 Å². The number of carbonyl (C=O) groups is 3. The molecular formula is C33H21Cl2NO3. The summed E-state index contributed by atoms with van der Waals surface area (Å²) < 4.78 is 0. The number of nitrogens with zero attached hydrogens (tertiary/aromatic N) is 1. The number of carbonyl (C=O) groups excluding carboxylic acids is 3. The Balaban J connectivity index is 1.57. The number of halogens is 2. The highest BCUT2D eigenvalue weighted by Crippen LogP contribution is 2.61. The first-order valence-electron chi connectivity index (χ1n) is 12.7. The van der Waals surface area contributed by atoms with Gasteiger partial charge in [0.2, 0.25) is 0 Å². The fourth-order valence-electron chi connectivity index (χ4n) is 6.81. The lowest BCUT2D eigenvalue weighted by Gasteiger charge is -2.37. The molecule has 1 fully saturated rings. The van der Waals surface area contributed by atoms with E-state index in [0.717, 1.165) is 11.3 Å². The minimum Gasteiger partial charge on any atom is -0.352 e. The van der Waals surface area contributed by atoms with Crippen LogP contribution in [0.1, 0.15) is 48.1 Å². The zero-order valence-corrected chi connectivity index (χ0v) is 22.1. The number of benzene rings is 4. The number of hydrogen-bond acceptors (Lipinski definition) is 4. The average molecular weight is 550 g/mol. The van der Waals surface area contributed by atoms with Crippen molar-refractivity contribution in [2.45, 2.75) is 18.0 Å². The van der Waals surface area contributed by atoms with Crippen molar-refractivity contribution in [2.24, 2.45) is 5.41 Å². The molecule has 4 nitrogen and oxygen atoms in total. The molecule has 1 saturated heterocycles. The Bertz CT molecular complexity index is 1710. The van der Waals surface area contributed by atoms with E-state index in [1.54, 1.807) is 66.7 Å². The summed E-state index contributed by atoms with van der Waals surface area (Å²) >= 11 is 13.0. The van der Waals surface area contributed by atoms with Crippen LogP contribution in [0.15, 0.2) is 103 Å². The molecule has 190 valence electrons. The maximum absolute atomic E-state index is 14.6. The molecule has 2 heterocycles. The molecule has 0 amide bonds. The van der Waals surface area contributed by atoms with Gasteiger partial charge in [-0.3, -0.25) is 14.4 Å². The number of rotatable bonds is 3. The molecule has 0 bridgehead atoms. The van der Waals surface area contributed by atoms with Gasteiger partial charge in [-0.15, -0.1) is 0 Å². The van der Waals surface area contributed by atoms with E-state index in [2.05, 4.69) is 0 Å². The van der Waals surface area contributed by atoms with E-state index < -0.39 is 23.4 Å². The van der Waals surface area contributed by atoms with Gasteiger partial charge in [0.25, 0.3) is 0 Å². The number of Topliss-reactive ketones (excluding diaryl/α,β-unsaturated/α-hetero) is 3. The quantitative estimate of drug-likeness (QED) is 0.198. The molecule has 4 aromatic rings. The van der Waals surface area contributed by atoms with Crippen LogP contribution in [0.4, 0.5) is 5.69 Å². The third-order valence-electron chi connectivity index (χ3n) is 8.33. The van der Waals surface area contributed by atoms with Crippen molar-refractivity contribution in [1.29, 1.82) is 0 Å². The van der Waals surface area contributed by atoms with E-state index in [9.17, 15) is 14.4 Å². The minimum absolute atomic E-state index is 0.255. The molecule has 0 aromatic heterocycles. The van der Waals surface area contributed by atoms with Crippen LogP contribution in [-0.2, 0) is 0 Å². The van der Waals surface area contributed by atoms with Crippen LogP contribution in [0.25, 0.3) is 6.08 Å². The van der Waals surface area contributed by atoms with E-state index in [1.807, 2.05) is 47.4 Å². The monoisotopic (exact) mass is 549 g/mol. The predicted molar refractivity (Wildman–Crippen MR) is 153 cm³/mol. The largest absolute Gasteiger partial charge is 0.352 e. The summed E-state index contributed by atoms with van der Waals surface area (Å²) in [6, 6.07) is 27.1. The van der Waals surface area contributed by atoms with Gasteiger partial charge in [-0.2, -0.15) is 0 Å². The van der Waals surface area contributed by atoms with Crippen molar-refractivity contribution in [1.82, 2.24) is 0 Å². The zero-order valence-electron chi connectivity index (χ0n) is 20.6. The number of anilines is 1. The van der Waals surface area contributed by atoms with Crippen LogP contribution in [0.5, 0.6) is 0 Å². The van der Waals surface area contributed by atoms with Crippen molar-refractivity contribution in [2.75, 3.05) is 4.90 Å². The standard InChI is InChI=1S/C33H21Cl2NO3/c34-21-10-7-9-20(18-21)28-29(30(37)24-13-4-5-14-25(24)35)36-26-15-6-1-8-19(26)16-17-27(36)33(28)31(38)22-11-2-3-12-23(22)32(33)39/h1-18,27-29H. The first kappa shape index (κ1) is 24.1. The fourth-order valence-corrected chi connectivity index (χ4v) is 7.24. The van der Waals surface area contributed by atoms with Crippen LogP contribution in [0.3, 0.4) is 0 Å². The highest BCUT2D eigenvalue weighted by atomic mass is 35.5. The van der Waals surface area contributed by atoms with Gasteiger partial charge in [-0.25, -0.2) is 0 Å². The van der Waals surface area contributed by atoms with Gasteiger partial charge >= 0.3 is 0 Å². The van der Waals surface area contributed by atoms with Crippen LogP contribution >= 0.6 is 23.2 Å². The second kappa shape index (κ2) is 8.77. The summed E-state index contributed by atoms with van der Waals surface area (Å²) in [6.07, 6.45) is 3.85. The van der Waals surface area contributed by atoms with Gasteiger partial charge in [-0.1, -0.05) is 102 Å². The lowest BCUT2D eigenvalue weighted by Crippen LogP contribution is -2.48. The number of hydrogen-bond donors (Lipinski definition) is 0. The predicted octanol–water partition coefficient (Wildman–Crippen LogP) is 7.31. The zero-order chi connectivity index (χ0) is 26.9. The maximum Gasteiger partial charge on any atom is 0.187 e. The van der Waals surface area contributed by atoms with Crippen LogP contribution in [0.2, 0.25) is 10.0 Å². The highest BCUT2D eigenvalue weighted by Gasteiger charge is 2.71. The van der Waals surface area contributed by atoms with E-state index in [4.69, 9.17) is 23.2 Å². The summed E-state index contributed by atoms with van der Waals surface area (Å²) in [4.78, 5) is 45.8. The highest BCUT2D eigenvalue weighted by molar-refractivity contribution is 6.35. The van der Waals surface area contributed by atoms with Gasteiger partial charge in [0.15, 0.2) is 17.3 Å². The van der Waals surface area contributed by atoms with Gasteiger partial charge in [0.1, 0.15) is 11.5 Å². The Morgan fingerprint density at radius 1 is 0.769 bits per heavy atom. The maximum atomic E-state index is 14.6. The summed E-state index contributed by atoms with van der Waals surface area (Å²) in [5, 5.41) is 0.779. The normalized spacial score (nSPS) is 22.1. The molecule has 39 heavy (non-hydrogen) atoms. The first-order valence-corrected chi connectivity index (χ1v) is 13.5. The number of ketones is 3. The molecule has 0 N–H and O–H groups in total. The van der Waals surface area contributed by atoms with Gasteiger partial charge < -0.3 is 4.90 Å². The Morgan fingerprint density at radius 2 is 1.44 bits per heavy atom. The van der Waals surface area contributed by atoms with Gasteiger partial charge in [-0.05, 0) is 41.5 Å². The minimum atomic E-state index is -1.57. The smallest absolute Gasteiger partial charge is 0.187 e. The number of fused-ring (bicyclic) bond motifs is 5. The Labute approximate surface area is 235 Å². The lowest BCUT2D eigenvalue weighted by molar-refractivity contribution is 0.0666. The third kappa shape index (κ3) is 3.22. The molecule has 6 heteroatoms. The van der Waals surface area contributed by atoms with E-state index in [1.165, 1.54) is 0 Å². The summed E-state index contributed by atoms with van der Waals surface area (Å²) in [7, 11) is 0. The molecule has 0 saturated carbocycles. The van der Waals surface area contributed by atoms with Crippen LogP contribution in [-0.4, -0.2) is 29.4 Å². The lowest BCUT2D eigenvalue weighted by atomic mass is 9.64. The van der Waals surface area contributed by atoms with E-state index >= 15 is 0 Å². The van der Waals surface area contributed by atoms with Crippen molar-refractivity contribution in [3.8, 4) is 0 Å². The Kier molecular flexibility index (Phi) is 5.41. The molecule has 7 rings (SSSR count). The van der Waals surface area contributed by atoms with E-state index in [-0.39, 0.29) is 17.3 Å². The summed E-state index contributed by atoms with van der Waals surface area (Å²) in [6.45, 7) is 0. The SMILES string of the molecule is O=C(c1ccccc1Cl)C1C(c2cccc(Cl)c2)C2(C(=O)c3ccccc3C2=O)C2C=Cc3ccccc3N12. The Morgan fingerprint density at radius 3 is 2.15 bits per heavy atom. The Hall–Kier alpha value is -3.99. The molecule has 0 radical (unpaired) electrons. The van der Waals surface area contributed by atoms with Crippen molar-refractivity contribution >= 4 is 52.3 Å². The molecule has 1 spiro atoms. The second-order valence-electron chi connectivity index (χ2n) is 10.2. The third-order valence-corrected chi connectivity index (χ3v) is 8.89. The summed E-state index contributed by atoms with van der Waals surface area (Å²) in [5.74, 6) is -1.63. The topological polar surface area (TPSA) is 54.5 Å². The number of para-hydroxylation sites is 1. The molecule has 3 aliphatic rings. The van der Waals surface area contributed by atoms with Crippen LogP contribution < -0.4 is 4.90 Å².